The molecule has 0 radical (unpaired) electrons. The number of rotatable bonds is 16. The van der Waals surface area contributed by atoms with Gasteiger partial charge in [0, 0.05) is 41.9 Å². The van der Waals surface area contributed by atoms with E-state index in [1.54, 1.807) is 36.4 Å². The molecule has 0 saturated carbocycles. The maximum absolute atomic E-state index is 13.2. The van der Waals surface area contributed by atoms with Crippen LogP contribution in [0.2, 0.25) is 0 Å². The van der Waals surface area contributed by atoms with Crippen LogP contribution in [0.4, 0.5) is 11.4 Å². The molecule has 4 rings (SSSR count). The molecule has 0 aromatic heterocycles. The Kier molecular flexibility index (Phi) is 12.1. The molecule has 0 aliphatic rings. The minimum Gasteiger partial charge on any atom is -0.494 e. The van der Waals surface area contributed by atoms with E-state index in [0.29, 0.717) is 61.4 Å². The van der Waals surface area contributed by atoms with Gasteiger partial charge in [0.1, 0.15) is 11.8 Å². The van der Waals surface area contributed by atoms with Gasteiger partial charge in [-0.1, -0.05) is 78.9 Å². The maximum atomic E-state index is 13.2. The summed E-state index contributed by atoms with van der Waals surface area (Å²) in [6.07, 6.45) is 3.81. The van der Waals surface area contributed by atoms with Gasteiger partial charge in [-0.25, -0.2) is 4.79 Å². The standard InChI is InChI=1S/C38H40N2O5/c1-4-5-20-36(41)40(35-19-12-9-14-28(35)2)25-13-26-45-31-23-21-29(22-24-31)27-34(38(43)44-3)39-33-18-11-10-17-32(33)37(42)30-15-7-6-8-16-30/h4,6-12,14-19,21-24,34,39H,1,5,13,20,25-27H2,2-3H3/t34-/m0/s1. The average molecular weight is 605 g/mol. The molecule has 0 saturated heterocycles. The van der Waals surface area contributed by atoms with Gasteiger partial charge >= 0.3 is 5.97 Å². The summed E-state index contributed by atoms with van der Waals surface area (Å²) >= 11 is 0. The van der Waals surface area contributed by atoms with Crippen LogP contribution in [0, 0.1) is 6.92 Å². The highest BCUT2D eigenvalue weighted by Gasteiger charge is 2.23. The molecular formula is C38H40N2O5. The monoisotopic (exact) mass is 604 g/mol. The fourth-order valence-corrected chi connectivity index (χ4v) is 5.05. The highest BCUT2D eigenvalue weighted by Crippen LogP contribution is 2.23. The molecule has 4 aromatic carbocycles. The number of carbonyl (C=O) groups excluding carboxylic acids is 3. The fraction of sp³-hybridized carbons (Fsp3) is 0.237. The zero-order valence-electron chi connectivity index (χ0n) is 25.9. The quantitative estimate of drug-likeness (QED) is 0.0631. The van der Waals surface area contributed by atoms with Gasteiger partial charge in [-0.15, -0.1) is 6.58 Å². The first-order chi connectivity index (χ1) is 21.9. The summed E-state index contributed by atoms with van der Waals surface area (Å²) in [5.74, 6) is 0.194. The van der Waals surface area contributed by atoms with E-state index >= 15 is 0 Å². The fourth-order valence-electron chi connectivity index (χ4n) is 5.05. The van der Waals surface area contributed by atoms with Gasteiger partial charge in [-0.05, 0) is 61.2 Å². The van der Waals surface area contributed by atoms with Gasteiger partial charge in [-0.3, -0.25) is 9.59 Å². The van der Waals surface area contributed by atoms with Crippen molar-refractivity contribution >= 4 is 29.0 Å². The lowest BCUT2D eigenvalue weighted by Crippen LogP contribution is -2.33. The Morgan fingerprint density at radius 2 is 1.58 bits per heavy atom. The van der Waals surface area contributed by atoms with E-state index in [1.165, 1.54) is 7.11 Å². The number of anilines is 2. The van der Waals surface area contributed by atoms with Crippen LogP contribution in [0.25, 0.3) is 0 Å². The molecule has 1 atom stereocenters. The van der Waals surface area contributed by atoms with Gasteiger partial charge in [0.05, 0.1) is 13.7 Å². The third-order valence-corrected chi connectivity index (χ3v) is 7.45. The number of esters is 1. The summed E-state index contributed by atoms with van der Waals surface area (Å²) in [5, 5.41) is 3.24. The number of nitrogens with one attached hydrogen (secondary N) is 1. The molecule has 7 nitrogen and oxygen atoms in total. The average Bonchev–Trinajstić information content (AvgIpc) is 3.08. The highest BCUT2D eigenvalue weighted by molar-refractivity contribution is 6.12. The number of ether oxygens (including phenoxy) is 2. The van der Waals surface area contributed by atoms with Crippen LogP contribution in [-0.4, -0.2) is 44.0 Å². The number of benzene rings is 4. The third kappa shape index (κ3) is 9.16. The molecule has 0 unspecified atom stereocenters. The maximum Gasteiger partial charge on any atom is 0.328 e. The van der Waals surface area contributed by atoms with Gasteiger partial charge in [0.2, 0.25) is 5.91 Å². The van der Waals surface area contributed by atoms with Gasteiger partial charge in [0.25, 0.3) is 0 Å². The number of amides is 1. The largest absolute Gasteiger partial charge is 0.494 e. The van der Waals surface area contributed by atoms with Crippen LogP contribution < -0.4 is 15.0 Å². The Bertz CT molecular complexity index is 1580. The summed E-state index contributed by atoms with van der Waals surface area (Å²) in [6, 6.07) is 30.9. The number of para-hydroxylation sites is 2. The Morgan fingerprint density at radius 3 is 2.29 bits per heavy atom. The molecule has 0 fully saturated rings. The molecule has 0 aliphatic heterocycles. The summed E-state index contributed by atoms with van der Waals surface area (Å²) < 4.78 is 11.1. The SMILES string of the molecule is C=CCCC(=O)N(CCCOc1ccc(C[C@H](Nc2ccccc2C(=O)c2ccccc2)C(=O)OC)cc1)c1ccccc1C. The predicted octanol–water partition coefficient (Wildman–Crippen LogP) is 7.19. The molecule has 232 valence electrons. The number of ketones is 1. The van der Waals surface area contributed by atoms with Gasteiger partial charge < -0.3 is 19.7 Å². The summed E-state index contributed by atoms with van der Waals surface area (Å²) in [4.78, 5) is 40.7. The third-order valence-electron chi connectivity index (χ3n) is 7.45. The lowest BCUT2D eigenvalue weighted by molar-refractivity contribution is -0.141. The normalized spacial score (nSPS) is 11.2. The molecule has 0 bridgehead atoms. The van der Waals surface area contributed by atoms with E-state index in [0.717, 1.165) is 16.8 Å². The van der Waals surface area contributed by atoms with Gasteiger partial charge in [0.15, 0.2) is 5.78 Å². The van der Waals surface area contributed by atoms with Crippen molar-refractivity contribution in [1.29, 1.82) is 0 Å². The number of nitrogens with zero attached hydrogens (tertiary/aromatic N) is 1. The second-order valence-electron chi connectivity index (χ2n) is 10.7. The summed E-state index contributed by atoms with van der Waals surface area (Å²) in [7, 11) is 1.35. The lowest BCUT2D eigenvalue weighted by atomic mass is 10.00. The molecule has 1 N–H and O–H groups in total. The van der Waals surface area contributed by atoms with E-state index in [2.05, 4.69) is 11.9 Å². The summed E-state index contributed by atoms with van der Waals surface area (Å²) in [5.41, 5.74) is 4.47. The molecule has 45 heavy (non-hydrogen) atoms. The minimum absolute atomic E-state index is 0.0642. The first kappa shape index (κ1) is 32.7. The molecule has 4 aromatic rings. The Hall–Kier alpha value is -5.17. The predicted molar refractivity (Wildman–Crippen MR) is 179 cm³/mol. The van der Waals surface area contributed by atoms with Crippen LogP contribution in [0.3, 0.4) is 0 Å². The number of hydrogen-bond donors (Lipinski definition) is 1. The Morgan fingerprint density at radius 1 is 0.889 bits per heavy atom. The van der Waals surface area contributed by atoms with Crippen molar-refractivity contribution < 1.29 is 23.9 Å². The second-order valence-corrected chi connectivity index (χ2v) is 10.7. The van der Waals surface area contributed by atoms with E-state index in [9.17, 15) is 14.4 Å². The Balaban J connectivity index is 1.37. The number of allylic oxidation sites excluding steroid dienone is 1. The topological polar surface area (TPSA) is 84.9 Å². The smallest absolute Gasteiger partial charge is 0.328 e. The number of methoxy groups -OCH3 is 1. The number of carbonyl (C=O) groups is 3. The van der Waals surface area contributed by atoms with Crippen LogP contribution in [-0.2, 0) is 20.7 Å². The Labute approximate surface area is 265 Å². The number of aryl methyl sites for hydroxylation is 1. The van der Waals surface area contributed by atoms with E-state index in [1.807, 2.05) is 84.6 Å². The van der Waals surface area contributed by atoms with Crippen LogP contribution in [0.1, 0.15) is 46.3 Å². The molecule has 0 heterocycles. The molecule has 7 heteroatoms. The van der Waals surface area contributed by atoms with Crippen molar-refractivity contribution in [3.8, 4) is 5.75 Å². The van der Waals surface area contributed by atoms with Crippen molar-refractivity contribution in [1.82, 2.24) is 0 Å². The van der Waals surface area contributed by atoms with E-state index in [-0.39, 0.29) is 11.7 Å². The first-order valence-electron chi connectivity index (χ1n) is 15.1. The van der Waals surface area contributed by atoms with Crippen molar-refractivity contribution in [2.45, 2.75) is 38.6 Å². The minimum atomic E-state index is -0.711. The zero-order valence-corrected chi connectivity index (χ0v) is 25.9. The molecule has 0 spiro atoms. The second kappa shape index (κ2) is 16.6. The lowest BCUT2D eigenvalue weighted by Gasteiger charge is -2.24. The molecule has 1 amide bonds. The van der Waals surface area contributed by atoms with Crippen LogP contribution >= 0.6 is 0 Å². The summed E-state index contributed by atoms with van der Waals surface area (Å²) in [6.45, 7) is 6.72. The van der Waals surface area contributed by atoms with E-state index < -0.39 is 12.0 Å². The van der Waals surface area contributed by atoms with Gasteiger partial charge in [-0.2, -0.15) is 0 Å². The molecular weight excluding hydrogens is 564 g/mol. The molecule has 0 aliphatic carbocycles. The number of hydrogen-bond acceptors (Lipinski definition) is 6. The van der Waals surface area contributed by atoms with Crippen molar-refractivity contribution in [3.05, 3.63) is 138 Å². The van der Waals surface area contributed by atoms with Crippen molar-refractivity contribution in [2.24, 2.45) is 0 Å². The zero-order chi connectivity index (χ0) is 32.0. The van der Waals surface area contributed by atoms with Crippen LogP contribution in [0.5, 0.6) is 5.75 Å². The van der Waals surface area contributed by atoms with Crippen molar-refractivity contribution in [3.63, 3.8) is 0 Å². The van der Waals surface area contributed by atoms with Crippen molar-refractivity contribution in [2.75, 3.05) is 30.5 Å². The highest BCUT2D eigenvalue weighted by atomic mass is 16.5. The van der Waals surface area contributed by atoms with Crippen LogP contribution in [0.15, 0.2) is 116 Å². The van der Waals surface area contributed by atoms with E-state index in [4.69, 9.17) is 9.47 Å². The first-order valence-corrected chi connectivity index (χ1v) is 15.1.